The molecule has 1 nitrogen and oxygen atoms in total. The van der Waals surface area contributed by atoms with Crippen molar-refractivity contribution in [1.29, 1.82) is 0 Å². The van der Waals surface area contributed by atoms with Gasteiger partial charge in [-0.05, 0) is 25.2 Å². The van der Waals surface area contributed by atoms with Gasteiger partial charge in [0.05, 0.1) is 6.10 Å². The van der Waals surface area contributed by atoms with Crippen molar-refractivity contribution in [3.63, 3.8) is 0 Å². The molecule has 2 atom stereocenters. The predicted molar refractivity (Wildman–Crippen MR) is 63.6 cm³/mol. The second-order valence-corrected chi connectivity index (χ2v) is 4.67. The van der Waals surface area contributed by atoms with Crippen LogP contribution in [0.5, 0.6) is 0 Å². The summed E-state index contributed by atoms with van der Waals surface area (Å²) in [5.41, 5.74) is 0. The first kappa shape index (κ1) is 14.0. The Morgan fingerprint density at radius 1 is 1.00 bits per heavy atom. The zero-order chi connectivity index (χ0) is 11.0. The van der Waals surface area contributed by atoms with Crippen LogP contribution in [0.25, 0.3) is 0 Å². The number of rotatable bonds is 8. The Bertz CT molecular complexity index is 120. The Kier molecular flexibility index (Phi) is 8.26. The van der Waals surface area contributed by atoms with Crippen LogP contribution >= 0.6 is 0 Å². The highest BCUT2D eigenvalue weighted by atomic mass is 16.5. The van der Waals surface area contributed by atoms with Gasteiger partial charge in [0.25, 0.3) is 0 Å². The molecule has 0 rings (SSSR count). The SMILES string of the molecule is CCCC(CC)CCOC(C)C(C)C. The third kappa shape index (κ3) is 6.42. The van der Waals surface area contributed by atoms with Gasteiger partial charge >= 0.3 is 0 Å². The molecule has 0 heterocycles. The van der Waals surface area contributed by atoms with E-state index in [1.165, 1.54) is 25.7 Å². The van der Waals surface area contributed by atoms with Crippen LogP contribution in [-0.2, 0) is 4.74 Å². The van der Waals surface area contributed by atoms with Crippen molar-refractivity contribution >= 4 is 0 Å². The topological polar surface area (TPSA) is 9.23 Å². The second-order valence-electron chi connectivity index (χ2n) is 4.67. The van der Waals surface area contributed by atoms with Crippen molar-refractivity contribution < 1.29 is 4.74 Å². The van der Waals surface area contributed by atoms with Crippen molar-refractivity contribution in [3.8, 4) is 0 Å². The molecule has 0 N–H and O–H groups in total. The Balaban J connectivity index is 3.50. The van der Waals surface area contributed by atoms with Crippen molar-refractivity contribution in [2.75, 3.05) is 6.61 Å². The molecule has 0 saturated carbocycles. The molecule has 0 fully saturated rings. The summed E-state index contributed by atoms with van der Waals surface area (Å²) >= 11 is 0. The van der Waals surface area contributed by atoms with Gasteiger partial charge in [-0.25, -0.2) is 0 Å². The smallest absolute Gasteiger partial charge is 0.0569 e. The summed E-state index contributed by atoms with van der Waals surface area (Å²) in [4.78, 5) is 0. The van der Waals surface area contributed by atoms with Crippen LogP contribution in [0.2, 0.25) is 0 Å². The fourth-order valence-corrected chi connectivity index (χ4v) is 1.57. The second kappa shape index (κ2) is 8.28. The molecule has 0 radical (unpaired) electrons. The normalized spacial score (nSPS) is 15.9. The molecule has 0 bridgehead atoms. The van der Waals surface area contributed by atoms with Gasteiger partial charge in [-0.3, -0.25) is 0 Å². The zero-order valence-electron chi connectivity index (χ0n) is 10.7. The van der Waals surface area contributed by atoms with Gasteiger partial charge < -0.3 is 4.74 Å². The van der Waals surface area contributed by atoms with Gasteiger partial charge in [-0.2, -0.15) is 0 Å². The molecular formula is C13H28O. The fourth-order valence-electron chi connectivity index (χ4n) is 1.57. The first-order chi connectivity index (χ1) is 6.61. The summed E-state index contributed by atoms with van der Waals surface area (Å²) in [6.45, 7) is 12.1. The Morgan fingerprint density at radius 2 is 1.64 bits per heavy atom. The molecule has 2 unspecified atom stereocenters. The number of ether oxygens (including phenoxy) is 1. The molecule has 0 aromatic heterocycles. The maximum Gasteiger partial charge on any atom is 0.0569 e. The molecule has 1 heteroatoms. The highest BCUT2D eigenvalue weighted by Crippen LogP contribution is 2.16. The van der Waals surface area contributed by atoms with Crippen molar-refractivity contribution in [3.05, 3.63) is 0 Å². The summed E-state index contributed by atoms with van der Waals surface area (Å²) in [5.74, 6) is 1.51. The summed E-state index contributed by atoms with van der Waals surface area (Å²) in [6, 6.07) is 0. The van der Waals surface area contributed by atoms with Crippen molar-refractivity contribution in [2.45, 2.75) is 66.4 Å². The molecule has 0 saturated heterocycles. The van der Waals surface area contributed by atoms with E-state index in [2.05, 4.69) is 34.6 Å². The van der Waals surface area contributed by atoms with E-state index in [-0.39, 0.29) is 0 Å². The van der Waals surface area contributed by atoms with Crippen LogP contribution in [0.4, 0.5) is 0 Å². The maximum absolute atomic E-state index is 5.78. The zero-order valence-corrected chi connectivity index (χ0v) is 10.7. The summed E-state index contributed by atoms with van der Waals surface area (Å²) in [6.07, 6.45) is 5.61. The van der Waals surface area contributed by atoms with E-state index in [1.54, 1.807) is 0 Å². The van der Waals surface area contributed by atoms with Gasteiger partial charge in [-0.15, -0.1) is 0 Å². The molecule has 0 aromatic rings. The molecule has 86 valence electrons. The maximum atomic E-state index is 5.78. The highest BCUT2D eigenvalue weighted by molar-refractivity contribution is 4.58. The van der Waals surface area contributed by atoms with E-state index in [0.717, 1.165) is 12.5 Å². The molecule has 0 aliphatic carbocycles. The van der Waals surface area contributed by atoms with E-state index in [0.29, 0.717) is 12.0 Å². The summed E-state index contributed by atoms with van der Waals surface area (Å²) in [5, 5.41) is 0. The van der Waals surface area contributed by atoms with Crippen LogP contribution in [0.1, 0.15) is 60.3 Å². The highest BCUT2D eigenvalue weighted by Gasteiger charge is 2.09. The minimum Gasteiger partial charge on any atom is -0.378 e. The van der Waals surface area contributed by atoms with Crippen LogP contribution in [0, 0.1) is 11.8 Å². The predicted octanol–water partition coefficient (Wildman–Crippen LogP) is 4.26. The lowest BCUT2D eigenvalue weighted by Crippen LogP contribution is -2.17. The Morgan fingerprint density at radius 3 is 2.07 bits per heavy atom. The molecule has 14 heavy (non-hydrogen) atoms. The monoisotopic (exact) mass is 200 g/mol. The van der Waals surface area contributed by atoms with E-state index in [1.807, 2.05) is 0 Å². The van der Waals surface area contributed by atoms with E-state index in [4.69, 9.17) is 4.74 Å². The third-order valence-electron chi connectivity index (χ3n) is 3.12. The lowest BCUT2D eigenvalue weighted by atomic mass is 9.97. The third-order valence-corrected chi connectivity index (χ3v) is 3.12. The van der Waals surface area contributed by atoms with Crippen LogP contribution in [-0.4, -0.2) is 12.7 Å². The minimum absolute atomic E-state index is 0.411. The average molecular weight is 200 g/mol. The molecule has 0 amide bonds. The largest absolute Gasteiger partial charge is 0.378 e. The molecule has 0 aliphatic rings. The lowest BCUT2D eigenvalue weighted by Gasteiger charge is -2.19. The van der Waals surface area contributed by atoms with E-state index < -0.39 is 0 Å². The van der Waals surface area contributed by atoms with Gasteiger partial charge in [-0.1, -0.05) is 47.0 Å². The van der Waals surface area contributed by atoms with Gasteiger partial charge in [0.15, 0.2) is 0 Å². The van der Waals surface area contributed by atoms with E-state index >= 15 is 0 Å². The molecule has 0 spiro atoms. The van der Waals surface area contributed by atoms with Crippen LogP contribution in [0.3, 0.4) is 0 Å². The first-order valence-electron chi connectivity index (χ1n) is 6.23. The Hall–Kier alpha value is -0.0400. The van der Waals surface area contributed by atoms with Crippen LogP contribution in [0.15, 0.2) is 0 Å². The van der Waals surface area contributed by atoms with E-state index in [9.17, 15) is 0 Å². The van der Waals surface area contributed by atoms with Gasteiger partial charge in [0.1, 0.15) is 0 Å². The molecule has 0 aliphatic heterocycles. The van der Waals surface area contributed by atoms with Crippen molar-refractivity contribution in [2.24, 2.45) is 11.8 Å². The molecular weight excluding hydrogens is 172 g/mol. The number of hydrogen-bond acceptors (Lipinski definition) is 1. The summed E-state index contributed by atoms with van der Waals surface area (Å²) < 4.78 is 5.78. The molecule has 0 aromatic carbocycles. The quantitative estimate of drug-likeness (QED) is 0.569. The summed E-state index contributed by atoms with van der Waals surface area (Å²) in [7, 11) is 0. The van der Waals surface area contributed by atoms with Gasteiger partial charge in [0.2, 0.25) is 0 Å². The number of hydrogen-bond donors (Lipinski definition) is 0. The standard InChI is InChI=1S/C13H28O/c1-6-8-13(7-2)9-10-14-12(5)11(3)4/h11-13H,6-10H2,1-5H3. The van der Waals surface area contributed by atoms with Crippen LogP contribution < -0.4 is 0 Å². The van der Waals surface area contributed by atoms with Crippen molar-refractivity contribution in [1.82, 2.24) is 0 Å². The fraction of sp³-hybridized carbons (Fsp3) is 1.00. The minimum atomic E-state index is 0.411. The first-order valence-corrected chi connectivity index (χ1v) is 6.23. The Labute approximate surface area is 90.2 Å². The average Bonchev–Trinajstić information content (AvgIpc) is 2.16. The lowest BCUT2D eigenvalue weighted by molar-refractivity contribution is 0.0270. The van der Waals surface area contributed by atoms with Gasteiger partial charge in [0, 0.05) is 6.61 Å².